The van der Waals surface area contributed by atoms with E-state index in [1.807, 2.05) is 18.2 Å². The largest absolute Gasteiger partial charge is 0.497 e. The molecule has 1 aliphatic heterocycles. The van der Waals surface area contributed by atoms with Crippen LogP contribution in [0.2, 0.25) is 0 Å². The van der Waals surface area contributed by atoms with Crippen LogP contribution in [-0.4, -0.2) is 6.61 Å². The van der Waals surface area contributed by atoms with Gasteiger partial charge in [0.05, 0.1) is 6.26 Å². The van der Waals surface area contributed by atoms with Gasteiger partial charge in [0, 0.05) is 0 Å². The highest BCUT2D eigenvalue weighted by atomic mass is 16.5. The van der Waals surface area contributed by atoms with Crippen molar-refractivity contribution in [2.45, 2.75) is 6.42 Å². The maximum atomic E-state index is 5.10. The summed E-state index contributed by atoms with van der Waals surface area (Å²) in [6.07, 6.45) is 12.5. The van der Waals surface area contributed by atoms with Crippen LogP contribution in [0.5, 0.6) is 0 Å². The summed E-state index contributed by atoms with van der Waals surface area (Å²) in [5, 5.41) is 0. The molecule has 11 heavy (non-hydrogen) atoms. The normalized spacial score (nSPS) is 20.5. The quantitative estimate of drug-likeness (QED) is 0.547. The number of allylic oxidation sites excluding steroid dienone is 5. The van der Waals surface area contributed by atoms with Gasteiger partial charge in [0.15, 0.2) is 0 Å². The van der Waals surface area contributed by atoms with Gasteiger partial charge in [0.25, 0.3) is 0 Å². The highest BCUT2D eigenvalue weighted by molar-refractivity contribution is 5.19. The number of ether oxygens (including phenoxy) is 1. The minimum atomic E-state index is 0.720. The van der Waals surface area contributed by atoms with E-state index in [2.05, 4.69) is 12.7 Å². The van der Waals surface area contributed by atoms with Crippen LogP contribution in [-0.2, 0) is 4.74 Å². The number of hydrogen-bond acceptors (Lipinski definition) is 1. The van der Waals surface area contributed by atoms with Crippen LogP contribution in [0.1, 0.15) is 6.42 Å². The van der Waals surface area contributed by atoms with E-state index in [-0.39, 0.29) is 0 Å². The third-order valence-electron chi connectivity index (χ3n) is 1.42. The topological polar surface area (TPSA) is 9.23 Å². The minimum absolute atomic E-state index is 0.720. The third-order valence-corrected chi connectivity index (χ3v) is 1.42. The number of rotatable bonds is 2. The van der Waals surface area contributed by atoms with Crippen molar-refractivity contribution in [1.29, 1.82) is 0 Å². The molecule has 1 heterocycles. The molecule has 0 aliphatic carbocycles. The average Bonchev–Trinajstić information content (AvgIpc) is 2.07. The molecule has 0 fully saturated rings. The van der Waals surface area contributed by atoms with Gasteiger partial charge < -0.3 is 4.74 Å². The van der Waals surface area contributed by atoms with E-state index in [4.69, 9.17) is 4.74 Å². The summed E-state index contributed by atoms with van der Waals surface area (Å²) < 4.78 is 5.10. The van der Waals surface area contributed by atoms with Crippen molar-refractivity contribution >= 4 is 0 Å². The monoisotopic (exact) mass is 148 g/mol. The van der Waals surface area contributed by atoms with E-state index in [1.165, 1.54) is 5.57 Å². The zero-order valence-electron chi connectivity index (χ0n) is 6.49. The first-order valence-corrected chi connectivity index (χ1v) is 3.67. The summed E-state index contributed by atoms with van der Waals surface area (Å²) >= 11 is 0. The molecule has 1 rings (SSSR count). The van der Waals surface area contributed by atoms with E-state index in [0.29, 0.717) is 0 Å². The minimum Gasteiger partial charge on any atom is -0.497 e. The van der Waals surface area contributed by atoms with Crippen LogP contribution in [0.15, 0.2) is 48.8 Å². The lowest BCUT2D eigenvalue weighted by Gasteiger charge is -2.08. The fourth-order valence-electron chi connectivity index (χ4n) is 0.868. The molecule has 0 saturated carbocycles. The lowest BCUT2D eigenvalue weighted by molar-refractivity contribution is 0.268. The highest BCUT2D eigenvalue weighted by Crippen LogP contribution is 2.08. The second-order valence-electron chi connectivity index (χ2n) is 2.33. The molecule has 0 radical (unpaired) electrons. The van der Waals surface area contributed by atoms with Crippen LogP contribution in [0.4, 0.5) is 0 Å². The summed E-state index contributed by atoms with van der Waals surface area (Å²) in [5.74, 6) is 0. The number of hydrogen-bond donors (Lipinski definition) is 0. The Kier molecular flexibility index (Phi) is 3.26. The Morgan fingerprint density at radius 3 is 3.00 bits per heavy atom. The van der Waals surface area contributed by atoms with Crippen LogP contribution in [0.3, 0.4) is 0 Å². The average molecular weight is 148 g/mol. The standard InChI is InChI=1S/C10H12O/c1-2-3-4-6-10-7-5-8-11-9-10/h2-6,8H,1,7,9H2/b4-3-,10-6-. The van der Waals surface area contributed by atoms with E-state index in [0.717, 1.165) is 13.0 Å². The predicted octanol–water partition coefficient (Wildman–Crippen LogP) is 2.59. The Hall–Kier alpha value is -1.24. The van der Waals surface area contributed by atoms with Gasteiger partial charge in [-0.25, -0.2) is 0 Å². The van der Waals surface area contributed by atoms with Crippen LogP contribution < -0.4 is 0 Å². The van der Waals surface area contributed by atoms with Crippen molar-refractivity contribution in [3.05, 3.63) is 48.8 Å². The van der Waals surface area contributed by atoms with E-state index in [9.17, 15) is 0 Å². The molecule has 58 valence electrons. The van der Waals surface area contributed by atoms with Crippen molar-refractivity contribution in [1.82, 2.24) is 0 Å². The predicted molar refractivity (Wildman–Crippen MR) is 47.1 cm³/mol. The molecular weight excluding hydrogens is 136 g/mol. The second kappa shape index (κ2) is 4.56. The Morgan fingerprint density at radius 2 is 2.36 bits per heavy atom. The zero-order chi connectivity index (χ0) is 7.94. The van der Waals surface area contributed by atoms with Gasteiger partial charge in [-0.05, 0) is 18.1 Å². The molecule has 0 aromatic heterocycles. The summed E-state index contributed by atoms with van der Waals surface area (Å²) in [7, 11) is 0. The van der Waals surface area contributed by atoms with Gasteiger partial charge in [0.2, 0.25) is 0 Å². The second-order valence-corrected chi connectivity index (χ2v) is 2.33. The van der Waals surface area contributed by atoms with Crippen LogP contribution >= 0.6 is 0 Å². The third kappa shape index (κ3) is 2.89. The van der Waals surface area contributed by atoms with Crippen LogP contribution in [0, 0.1) is 0 Å². The molecule has 1 heteroatoms. The van der Waals surface area contributed by atoms with Gasteiger partial charge >= 0.3 is 0 Å². The Bertz CT molecular complexity index is 209. The molecule has 0 N–H and O–H groups in total. The molecule has 0 amide bonds. The molecule has 0 atom stereocenters. The van der Waals surface area contributed by atoms with Gasteiger partial charge in [-0.2, -0.15) is 0 Å². The van der Waals surface area contributed by atoms with Gasteiger partial charge in [-0.1, -0.05) is 30.9 Å². The summed E-state index contributed by atoms with van der Waals surface area (Å²) in [4.78, 5) is 0. The van der Waals surface area contributed by atoms with Gasteiger partial charge in [0.1, 0.15) is 6.61 Å². The Labute approximate surface area is 67.4 Å². The first kappa shape index (κ1) is 7.86. The highest BCUT2D eigenvalue weighted by Gasteiger charge is 1.97. The lowest BCUT2D eigenvalue weighted by atomic mass is 10.1. The lowest BCUT2D eigenvalue weighted by Crippen LogP contribution is -1.96. The van der Waals surface area contributed by atoms with Crippen molar-refractivity contribution < 1.29 is 4.74 Å². The van der Waals surface area contributed by atoms with Crippen LogP contribution in [0.25, 0.3) is 0 Å². The first-order chi connectivity index (χ1) is 5.43. The van der Waals surface area contributed by atoms with Crippen molar-refractivity contribution in [3.8, 4) is 0 Å². The van der Waals surface area contributed by atoms with E-state index < -0.39 is 0 Å². The molecule has 0 spiro atoms. The molecule has 0 saturated heterocycles. The van der Waals surface area contributed by atoms with E-state index >= 15 is 0 Å². The Morgan fingerprint density at radius 1 is 1.45 bits per heavy atom. The maximum absolute atomic E-state index is 5.10. The Balaban J connectivity index is 2.45. The summed E-state index contributed by atoms with van der Waals surface area (Å²) in [6.45, 7) is 4.30. The molecule has 0 bridgehead atoms. The fourth-order valence-corrected chi connectivity index (χ4v) is 0.868. The molecule has 0 aromatic carbocycles. The SMILES string of the molecule is C=C/C=C\C=C1\CC=COC1. The molecule has 1 aliphatic rings. The van der Waals surface area contributed by atoms with E-state index in [1.54, 1.807) is 12.3 Å². The maximum Gasteiger partial charge on any atom is 0.109 e. The molecule has 1 nitrogen and oxygen atoms in total. The van der Waals surface area contributed by atoms with Gasteiger partial charge in [-0.15, -0.1) is 0 Å². The first-order valence-electron chi connectivity index (χ1n) is 3.67. The van der Waals surface area contributed by atoms with Crippen molar-refractivity contribution in [2.24, 2.45) is 0 Å². The molecule has 0 unspecified atom stereocenters. The summed E-state index contributed by atoms with van der Waals surface area (Å²) in [5.41, 5.74) is 1.30. The molecular formula is C10H12O. The van der Waals surface area contributed by atoms with Crippen molar-refractivity contribution in [3.63, 3.8) is 0 Å². The molecule has 0 aromatic rings. The van der Waals surface area contributed by atoms with Gasteiger partial charge in [-0.3, -0.25) is 0 Å². The smallest absolute Gasteiger partial charge is 0.109 e. The fraction of sp³-hybridized carbons (Fsp3) is 0.200. The van der Waals surface area contributed by atoms with Crippen molar-refractivity contribution in [2.75, 3.05) is 6.61 Å². The summed E-state index contributed by atoms with van der Waals surface area (Å²) in [6, 6.07) is 0. The zero-order valence-corrected chi connectivity index (χ0v) is 6.49.